The largest absolute Gasteiger partial charge is 0.326 e. The monoisotopic (exact) mass is 245 g/mol. The molecule has 1 amide bonds. The molecule has 2 nitrogen and oxygen atoms in total. The van der Waals surface area contributed by atoms with Gasteiger partial charge in [0.2, 0.25) is 5.91 Å². The maximum absolute atomic E-state index is 12.0. The van der Waals surface area contributed by atoms with Crippen LogP contribution in [0.15, 0.2) is 18.2 Å². The summed E-state index contributed by atoms with van der Waals surface area (Å²) in [6, 6.07) is 6.34. The van der Waals surface area contributed by atoms with Gasteiger partial charge in [0.15, 0.2) is 0 Å². The van der Waals surface area contributed by atoms with E-state index >= 15 is 0 Å². The second-order valence-electron chi connectivity index (χ2n) is 5.37. The zero-order chi connectivity index (χ0) is 13.0. The first-order chi connectivity index (χ1) is 8.70. The van der Waals surface area contributed by atoms with Crippen molar-refractivity contribution < 1.29 is 4.79 Å². The smallest absolute Gasteiger partial charge is 0.227 e. The summed E-state index contributed by atoms with van der Waals surface area (Å²) < 4.78 is 0. The number of anilines is 1. The van der Waals surface area contributed by atoms with Crippen LogP contribution in [0.1, 0.15) is 50.7 Å². The van der Waals surface area contributed by atoms with E-state index in [1.54, 1.807) is 0 Å². The van der Waals surface area contributed by atoms with Crippen molar-refractivity contribution in [3.05, 3.63) is 29.3 Å². The van der Waals surface area contributed by atoms with E-state index in [1.165, 1.54) is 24.0 Å². The number of carbonyl (C=O) groups excluding carboxylic acids is 1. The number of rotatable bonds is 5. The third-order valence-corrected chi connectivity index (χ3v) is 3.80. The average Bonchev–Trinajstić information content (AvgIpc) is 2.83. The van der Waals surface area contributed by atoms with E-state index in [-0.39, 0.29) is 11.8 Å². The van der Waals surface area contributed by atoms with E-state index in [0.717, 1.165) is 31.4 Å². The highest BCUT2D eigenvalue weighted by molar-refractivity contribution is 5.92. The Kier molecular flexibility index (Phi) is 4.40. The lowest BCUT2D eigenvalue weighted by molar-refractivity contribution is -0.119. The summed E-state index contributed by atoms with van der Waals surface area (Å²) in [4.78, 5) is 12.0. The van der Waals surface area contributed by atoms with Crippen LogP contribution in [0, 0.1) is 5.92 Å². The molecule has 1 unspecified atom stereocenters. The second kappa shape index (κ2) is 6.03. The van der Waals surface area contributed by atoms with Crippen LogP contribution in [0.3, 0.4) is 0 Å². The van der Waals surface area contributed by atoms with Gasteiger partial charge >= 0.3 is 0 Å². The molecule has 0 saturated heterocycles. The Hall–Kier alpha value is -1.31. The zero-order valence-electron chi connectivity index (χ0n) is 11.5. The van der Waals surface area contributed by atoms with Gasteiger partial charge in [-0.3, -0.25) is 4.79 Å². The molecular formula is C16H23NO. The molecule has 98 valence electrons. The van der Waals surface area contributed by atoms with E-state index in [0.29, 0.717) is 0 Å². The molecule has 0 aliphatic heterocycles. The molecule has 1 aromatic rings. The predicted octanol–water partition coefficient (Wildman–Crippen LogP) is 3.94. The molecule has 0 aromatic heterocycles. The van der Waals surface area contributed by atoms with Crippen LogP contribution in [0.4, 0.5) is 5.69 Å². The Morgan fingerprint density at radius 1 is 1.33 bits per heavy atom. The van der Waals surface area contributed by atoms with Crippen molar-refractivity contribution in [2.45, 2.75) is 52.4 Å². The number of hydrogen-bond acceptors (Lipinski definition) is 1. The van der Waals surface area contributed by atoms with Gasteiger partial charge in [0.25, 0.3) is 0 Å². The molecule has 0 saturated carbocycles. The topological polar surface area (TPSA) is 29.1 Å². The van der Waals surface area contributed by atoms with E-state index < -0.39 is 0 Å². The Morgan fingerprint density at radius 3 is 2.89 bits per heavy atom. The highest BCUT2D eigenvalue weighted by Crippen LogP contribution is 2.25. The summed E-state index contributed by atoms with van der Waals surface area (Å²) in [6.45, 7) is 4.17. The molecule has 2 heteroatoms. The SMILES string of the molecule is CCCCC(C)C(=O)Nc1ccc2c(c1)CCC2. The molecule has 0 radical (unpaired) electrons. The number of unbranched alkanes of at least 4 members (excludes halogenated alkanes) is 1. The summed E-state index contributed by atoms with van der Waals surface area (Å²) in [6.07, 6.45) is 6.85. The minimum absolute atomic E-state index is 0.109. The van der Waals surface area contributed by atoms with Crippen molar-refractivity contribution in [2.75, 3.05) is 5.32 Å². The summed E-state index contributed by atoms with van der Waals surface area (Å²) in [5.74, 6) is 0.264. The van der Waals surface area contributed by atoms with Gasteiger partial charge < -0.3 is 5.32 Å². The fraction of sp³-hybridized carbons (Fsp3) is 0.562. The number of benzene rings is 1. The van der Waals surface area contributed by atoms with Gasteiger partial charge in [-0.1, -0.05) is 32.8 Å². The van der Waals surface area contributed by atoms with Gasteiger partial charge in [0.1, 0.15) is 0 Å². The maximum Gasteiger partial charge on any atom is 0.227 e. The van der Waals surface area contributed by atoms with Crippen LogP contribution in [-0.4, -0.2) is 5.91 Å². The number of nitrogens with one attached hydrogen (secondary N) is 1. The lowest BCUT2D eigenvalue weighted by Crippen LogP contribution is -2.20. The molecule has 1 N–H and O–H groups in total. The Balaban J connectivity index is 1.94. The number of fused-ring (bicyclic) bond motifs is 1. The quantitative estimate of drug-likeness (QED) is 0.836. The first-order valence-corrected chi connectivity index (χ1v) is 7.13. The highest BCUT2D eigenvalue weighted by atomic mass is 16.1. The van der Waals surface area contributed by atoms with Crippen LogP contribution in [-0.2, 0) is 17.6 Å². The van der Waals surface area contributed by atoms with Crippen LogP contribution in [0.25, 0.3) is 0 Å². The minimum Gasteiger partial charge on any atom is -0.326 e. The molecule has 2 rings (SSSR count). The first-order valence-electron chi connectivity index (χ1n) is 7.13. The van der Waals surface area contributed by atoms with E-state index in [9.17, 15) is 4.79 Å². The van der Waals surface area contributed by atoms with Crippen LogP contribution in [0.2, 0.25) is 0 Å². The number of aryl methyl sites for hydroxylation is 2. The third-order valence-electron chi connectivity index (χ3n) is 3.80. The Morgan fingerprint density at radius 2 is 2.11 bits per heavy atom. The number of amides is 1. The minimum atomic E-state index is 0.109. The first kappa shape index (κ1) is 13.1. The molecule has 0 bridgehead atoms. The molecule has 1 aliphatic carbocycles. The van der Waals surface area contributed by atoms with Crippen LogP contribution >= 0.6 is 0 Å². The van der Waals surface area contributed by atoms with Gasteiger partial charge in [0, 0.05) is 11.6 Å². The summed E-state index contributed by atoms with van der Waals surface area (Å²) in [5, 5.41) is 3.04. The van der Waals surface area contributed by atoms with Gasteiger partial charge in [0.05, 0.1) is 0 Å². The zero-order valence-corrected chi connectivity index (χ0v) is 11.5. The molecule has 1 atom stereocenters. The Bertz CT molecular complexity index is 425. The maximum atomic E-state index is 12.0. The van der Waals surface area contributed by atoms with E-state index in [4.69, 9.17) is 0 Å². The number of carbonyl (C=O) groups is 1. The highest BCUT2D eigenvalue weighted by Gasteiger charge is 2.14. The summed E-state index contributed by atoms with van der Waals surface area (Å²) >= 11 is 0. The molecule has 0 fully saturated rings. The van der Waals surface area contributed by atoms with Gasteiger partial charge in [-0.15, -0.1) is 0 Å². The molecule has 18 heavy (non-hydrogen) atoms. The average molecular weight is 245 g/mol. The third kappa shape index (κ3) is 3.12. The molecular weight excluding hydrogens is 222 g/mol. The summed E-state index contributed by atoms with van der Waals surface area (Å²) in [5.41, 5.74) is 3.82. The molecule has 1 aromatic carbocycles. The van der Waals surface area contributed by atoms with Crippen LogP contribution < -0.4 is 5.32 Å². The Labute approximate surface area is 110 Å². The predicted molar refractivity (Wildman–Crippen MR) is 75.8 cm³/mol. The van der Waals surface area contributed by atoms with Crippen molar-refractivity contribution >= 4 is 11.6 Å². The van der Waals surface area contributed by atoms with Crippen molar-refractivity contribution in [3.8, 4) is 0 Å². The molecule has 0 heterocycles. The van der Waals surface area contributed by atoms with Gasteiger partial charge in [-0.05, 0) is 48.9 Å². The lowest BCUT2D eigenvalue weighted by atomic mass is 10.0. The molecule has 1 aliphatic rings. The van der Waals surface area contributed by atoms with Gasteiger partial charge in [-0.25, -0.2) is 0 Å². The fourth-order valence-corrected chi connectivity index (χ4v) is 2.56. The summed E-state index contributed by atoms with van der Waals surface area (Å²) in [7, 11) is 0. The number of hydrogen-bond donors (Lipinski definition) is 1. The van der Waals surface area contributed by atoms with Gasteiger partial charge in [-0.2, -0.15) is 0 Å². The second-order valence-corrected chi connectivity index (χ2v) is 5.37. The fourth-order valence-electron chi connectivity index (χ4n) is 2.56. The van der Waals surface area contributed by atoms with E-state index in [2.05, 4.69) is 24.4 Å². The van der Waals surface area contributed by atoms with Crippen molar-refractivity contribution in [1.29, 1.82) is 0 Å². The van der Waals surface area contributed by atoms with Crippen molar-refractivity contribution in [1.82, 2.24) is 0 Å². The van der Waals surface area contributed by atoms with Crippen molar-refractivity contribution in [2.24, 2.45) is 5.92 Å². The normalized spacial score (nSPS) is 15.2. The molecule has 0 spiro atoms. The standard InChI is InChI=1S/C16H23NO/c1-3-4-6-12(2)16(18)17-15-10-9-13-7-5-8-14(13)11-15/h9-12H,3-8H2,1-2H3,(H,17,18). The lowest BCUT2D eigenvalue weighted by Gasteiger charge is -2.12. The van der Waals surface area contributed by atoms with E-state index in [1.807, 2.05) is 13.0 Å². The van der Waals surface area contributed by atoms with Crippen LogP contribution in [0.5, 0.6) is 0 Å². The van der Waals surface area contributed by atoms with Crippen molar-refractivity contribution in [3.63, 3.8) is 0 Å².